The normalized spacial score (nSPS) is 12.5. The summed E-state index contributed by atoms with van der Waals surface area (Å²) in [6.07, 6.45) is 0. The second-order valence-corrected chi connectivity index (χ2v) is 4.56. The number of carboxylic acid groups (broad SMARTS) is 1. The fourth-order valence-corrected chi connectivity index (χ4v) is 1.94. The molecule has 0 saturated carbocycles. The van der Waals surface area contributed by atoms with Crippen molar-refractivity contribution in [3.8, 4) is 0 Å². The average molecular weight is 356 g/mol. The largest absolute Gasteiger partial charge is 0.480 e. The summed E-state index contributed by atoms with van der Waals surface area (Å²) >= 11 is 5.32. The molecule has 0 fully saturated rings. The lowest BCUT2D eigenvalue weighted by Crippen LogP contribution is -2.21. The van der Waals surface area contributed by atoms with E-state index in [0.717, 1.165) is 8.04 Å². The number of carboxylic acids is 1. The van der Waals surface area contributed by atoms with E-state index in [1.165, 1.54) is 0 Å². The van der Waals surface area contributed by atoms with E-state index in [2.05, 4.69) is 38.5 Å². The molecule has 1 rings (SSSR count). The molecule has 0 aromatic heterocycles. The summed E-state index contributed by atoms with van der Waals surface area (Å²) in [7, 11) is 0. The molecular weight excluding hydrogens is 349 g/mol. The fourth-order valence-electron chi connectivity index (χ4n) is 0.886. The first-order valence-corrected chi connectivity index (χ1v) is 5.33. The molecule has 0 unspecified atom stereocenters. The van der Waals surface area contributed by atoms with Crippen LogP contribution < -0.4 is 5.73 Å². The van der Waals surface area contributed by atoms with Gasteiger partial charge in [-0.1, -0.05) is 15.9 Å². The van der Waals surface area contributed by atoms with Gasteiger partial charge in [0.15, 0.2) is 0 Å². The van der Waals surface area contributed by atoms with Gasteiger partial charge in [-0.3, -0.25) is 4.79 Å². The zero-order chi connectivity index (χ0) is 10.0. The Morgan fingerprint density at radius 3 is 2.77 bits per heavy atom. The molecule has 0 heterocycles. The number of halogens is 2. The lowest BCUT2D eigenvalue weighted by Gasteiger charge is -2.09. The van der Waals surface area contributed by atoms with Crippen molar-refractivity contribution >= 4 is 44.5 Å². The molecule has 13 heavy (non-hydrogen) atoms. The van der Waals surface area contributed by atoms with E-state index in [4.69, 9.17) is 10.8 Å². The molecule has 70 valence electrons. The van der Waals surface area contributed by atoms with E-state index in [1.54, 1.807) is 6.07 Å². The third-order valence-electron chi connectivity index (χ3n) is 1.56. The van der Waals surface area contributed by atoms with E-state index >= 15 is 0 Å². The SMILES string of the molecule is N[C@H](C(=O)O)c1cc(Br)ccc1I. The van der Waals surface area contributed by atoms with Gasteiger partial charge in [0.1, 0.15) is 6.04 Å². The molecule has 0 radical (unpaired) electrons. The summed E-state index contributed by atoms with van der Waals surface area (Å²) < 4.78 is 1.69. The summed E-state index contributed by atoms with van der Waals surface area (Å²) in [5.41, 5.74) is 6.11. The molecule has 0 saturated heterocycles. The number of aliphatic carboxylic acids is 1. The van der Waals surface area contributed by atoms with Crippen molar-refractivity contribution in [2.45, 2.75) is 6.04 Å². The lowest BCUT2D eigenvalue weighted by atomic mass is 10.1. The second-order valence-electron chi connectivity index (χ2n) is 2.48. The Kier molecular flexibility index (Phi) is 3.69. The summed E-state index contributed by atoms with van der Waals surface area (Å²) in [5.74, 6) is -1.02. The van der Waals surface area contributed by atoms with Crippen molar-refractivity contribution in [2.24, 2.45) is 5.73 Å². The zero-order valence-electron chi connectivity index (χ0n) is 6.50. The summed E-state index contributed by atoms with van der Waals surface area (Å²) in [5, 5.41) is 8.71. The van der Waals surface area contributed by atoms with Gasteiger partial charge in [0, 0.05) is 8.04 Å². The van der Waals surface area contributed by atoms with E-state index in [-0.39, 0.29) is 0 Å². The molecule has 0 aliphatic carbocycles. The predicted molar refractivity (Wildman–Crippen MR) is 61.4 cm³/mol. The first-order valence-electron chi connectivity index (χ1n) is 3.45. The first-order chi connectivity index (χ1) is 6.02. The quantitative estimate of drug-likeness (QED) is 0.799. The maximum atomic E-state index is 10.6. The van der Waals surface area contributed by atoms with Gasteiger partial charge in [-0.25, -0.2) is 0 Å². The van der Waals surface area contributed by atoms with E-state index in [0.29, 0.717) is 5.56 Å². The third-order valence-corrected chi connectivity index (χ3v) is 3.03. The molecule has 1 aromatic carbocycles. The number of hydrogen-bond donors (Lipinski definition) is 2. The van der Waals surface area contributed by atoms with E-state index < -0.39 is 12.0 Å². The van der Waals surface area contributed by atoms with E-state index in [1.807, 2.05) is 12.1 Å². The van der Waals surface area contributed by atoms with Crippen LogP contribution in [0.25, 0.3) is 0 Å². The van der Waals surface area contributed by atoms with Gasteiger partial charge in [0.2, 0.25) is 0 Å². The van der Waals surface area contributed by atoms with Crippen molar-refractivity contribution in [3.63, 3.8) is 0 Å². The van der Waals surface area contributed by atoms with Crippen molar-refractivity contribution in [1.29, 1.82) is 0 Å². The average Bonchev–Trinajstić information content (AvgIpc) is 2.08. The van der Waals surface area contributed by atoms with Gasteiger partial charge in [0.25, 0.3) is 0 Å². The first kappa shape index (κ1) is 10.9. The zero-order valence-corrected chi connectivity index (χ0v) is 10.2. The minimum Gasteiger partial charge on any atom is -0.480 e. The highest BCUT2D eigenvalue weighted by Crippen LogP contribution is 2.22. The Morgan fingerprint density at radius 1 is 1.62 bits per heavy atom. The Labute approximate surface area is 97.6 Å². The number of nitrogens with two attached hydrogens (primary N) is 1. The highest BCUT2D eigenvalue weighted by Gasteiger charge is 2.16. The molecule has 0 aliphatic rings. The summed E-state index contributed by atoms with van der Waals surface area (Å²) in [6.45, 7) is 0. The minimum atomic E-state index is -1.02. The molecule has 1 aromatic rings. The Morgan fingerprint density at radius 2 is 2.23 bits per heavy atom. The minimum absolute atomic E-state index is 0.627. The molecule has 0 bridgehead atoms. The Balaban J connectivity index is 3.12. The molecule has 0 spiro atoms. The van der Waals surface area contributed by atoms with Crippen LogP contribution in [0.3, 0.4) is 0 Å². The van der Waals surface area contributed by atoms with Gasteiger partial charge in [-0.05, 0) is 46.4 Å². The monoisotopic (exact) mass is 355 g/mol. The number of hydrogen-bond acceptors (Lipinski definition) is 2. The predicted octanol–water partition coefficient (Wildman–Crippen LogP) is 2.14. The maximum Gasteiger partial charge on any atom is 0.325 e. The van der Waals surface area contributed by atoms with Crippen molar-refractivity contribution in [1.82, 2.24) is 0 Å². The Hall–Kier alpha value is -0.140. The van der Waals surface area contributed by atoms with Gasteiger partial charge in [0.05, 0.1) is 0 Å². The highest BCUT2D eigenvalue weighted by atomic mass is 127. The van der Waals surface area contributed by atoms with E-state index in [9.17, 15) is 4.79 Å². The van der Waals surface area contributed by atoms with Crippen LogP contribution >= 0.6 is 38.5 Å². The molecule has 3 nitrogen and oxygen atoms in total. The smallest absolute Gasteiger partial charge is 0.325 e. The maximum absolute atomic E-state index is 10.6. The molecule has 0 amide bonds. The second kappa shape index (κ2) is 4.39. The molecule has 3 N–H and O–H groups in total. The standard InChI is InChI=1S/C8H7BrINO2/c9-4-1-2-6(10)5(3-4)7(11)8(12)13/h1-3,7H,11H2,(H,12,13)/t7-/m0/s1. The van der Waals surface area contributed by atoms with Crippen molar-refractivity contribution < 1.29 is 9.90 Å². The summed E-state index contributed by atoms with van der Waals surface area (Å²) in [6, 6.07) is 4.44. The van der Waals surface area contributed by atoms with Gasteiger partial charge >= 0.3 is 5.97 Å². The van der Waals surface area contributed by atoms with Crippen molar-refractivity contribution in [3.05, 3.63) is 31.8 Å². The fraction of sp³-hybridized carbons (Fsp3) is 0.125. The van der Waals surface area contributed by atoms with Crippen LogP contribution in [0.1, 0.15) is 11.6 Å². The lowest BCUT2D eigenvalue weighted by molar-refractivity contribution is -0.138. The van der Waals surface area contributed by atoms with Crippen LogP contribution in [0.2, 0.25) is 0 Å². The number of benzene rings is 1. The van der Waals surface area contributed by atoms with Gasteiger partial charge in [-0.2, -0.15) is 0 Å². The van der Waals surface area contributed by atoms with Crippen LogP contribution in [0.15, 0.2) is 22.7 Å². The van der Waals surface area contributed by atoms with Gasteiger partial charge in [-0.15, -0.1) is 0 Å². The molecule has 1 atom stereocenters. The Bertz CT molecular complexity index is 343. The van der Waals surface area contributed by atoms with Crippen molar-refractivity contribution in [2.75, 3.05) is 0 Å². The van der Waals surface area contributed by atoms with Crippen LogP contribution in [0.4, 0.5) is 0 Å². The third kappa shape index (κ3) is 2.65. The summed E-state index contributed by atoms with van der Waals surface area (Å²) in [4.78, 5) is 10.6. The van der Waals surface area contributed by atoms with Crippen LogP contribution in [-0.4, -0.2) is 11.1 Å². The topological polar surface area (TPSA) is 63.3 Å². The van der Waals surface area contributed by atoms with Crippen LogP contribution in [0, 0.1) is 3.57 Å². The van der Waals surface area contributed by atoms with Gasteiger partial charge < -0.3 is 10.8 Å². The number of rotatable bonds is 2. The molecular formula is C8H7BrINO2. The number of carbonyl (C=O) groups is 1. The molecule has 5 heteroatoms. The molecule has 0 aliphatic heterocycles. The highest BCUT2D eigenvalue weighted by molar-refractivity contribution is 14.1. The van der Waals surface area contributed by atoms with Crippen LogP contribution in [0.5, 0.6) is 0 Å². The van der Waals surface area contributed by atoms with Crippen LogP contribution in [-0.2, 0) is 4.79 Å².